The molecule has 1 rings (SSSR count). The minimum absolute atomic E-state index is 0.375. The molecule has 0 bridgehead atoms. The summed E-state index contributed by atoms with van der Waals surface area (Å²) in [5, 5.41) is 0. The first-order valence-electron chi connectivity index (χ1n) is 3.33. The number of nitrogens with two attached hydrogens (primary N) is 1. The van der Waals surface area contributed by atoms with Crippen molar-refractivity contribution in [2.75, 3.05) is 5.73 Å². The van der Waals surface area contributed by atoms with E-state index < -0.39 is 0 Å². The maximum absolute atomic E-state index is 10.6. The molecule has 2 N–H and O–H groups in total. The number of carbonyl (C=O) groups excluding carboxylic acids is 1. The molecule has 1 aromatic rings. The third-order valence-corrected chi connectivity index (χ3v) is 1.72. The van der Waals surface area contributed by atoms with E-state index in [1.807, 2.05) is 0 Å². The Kier molecular flexibility index (Phi) is 2.70. The molecule has 0 radical (unpaired) electrons. The Morgan fingerprint density at radius 1 is 1.58 bits per heavy atom. The number of halogens is 1. The fourth-order valence-electron chi connectivity index (χ4n) is 0.751. The molecule has 3 nitrogen and oxygen atoms in total. The lowest BCUT2D eigenvalue weighted by Crippen LogP contribution is -2.03. The molecule has 0 aliphatic heterocycles. The molecule has 0 saturated carbocycles. The van der Waals surface area contributed by atoms with E-state index in [1.165, 1.54) is 6.92 Å². The number of rotatable bonds is 1. The maximum atomic E-state index is 10.6. The summed E-state index contributed by atoms with van der Waals surface area (Å²) in [5.74, 6) is 0.0108. The lowest BCUT2D eigenvalue weighted by molar-refractivity contribution is -0.131. The Bertz CT molecular complexity index is 312. The van der Waals surface area contributed by atoms with Gasteiger partial charge in [0.25, 0.3) is 0 Å². The highest BCUT2D eigenvalue weighted by Gasteiger charge is 2.02. The number of ether oxygens (including phenoxy) is 1. The van der Waals surface area contributed by atoms with E-state index in [0.29, 0.717) is 11.4 Å². The molecule has 0 unspecified atom stereocenters. The van der Waals surface area contributed by atoms with Gasteiger partial charge in [-0.15, -0.1) is 0 Å². The Morgan fingerprint density at radius 2 is 2.25 bits per heavy atom. The number of esters is 1. The van der Waals surface area contributed by atoms with Crippen LogP contribution in [0.5, 0.6) is 5.75 Å². The molecule has 0 aromatic heterocycles. The van der Waals surface area contributed by atoms with Crippen molar-refractivity contribution in [3.8, 4) is 5.75 Å². The van der Waals surface area contributed by atoms with Gasteiger partial charge in [-0.25, -0.2) is 0 Å². The van der Waals surface area contributed by atoms with E-state index in [4.69, 9.17) is 10.5 Å². The molecule has 0 aliphatic rings. The summed E-state index contributed by atoms with van der Waals surface area (Å²) in [6.07, 6.45) is 0. The van der Waals surface area contributed by atoms with Crippen LogP contribution in [0.1, 0.15) is 6.92 Å². The largest absolute Gasteiger partial charge is 0.424 e. The van der Waals surface area contributed by atoms with Crippen LogP contribution in [0.25, 0.3) is 0 Å². The molecular formula is C8H8BrNO2. The van der Waals surface area contributed by atoms with E-state index in [2.05, 4.69) is 15.9 Å². The van der Waals surface area contributed by atoms with E-state index in [9.17, 15) is 4.79 Å². The van der Waals surface area contributed by atoms with Crippen LogP contribution in [0, 0.1) is 0 Å². The van der Waals surface area contributed by atoms with Crippen LogP contribution in [0.4, 0.5) is 5.69 Å². The summed E-state index contributed by atoms with van der Waals surface area (Å²) in [7, 11) is 0. The quantitative estimate of drug-likeness (QED) is 0.455. The first-order chi connectivity index (χ1) is 5.59. The third kappa shape index (κ3) is 2.23. The van der Waals surface area contributed by atoms with Crippen molar-refractivity contribution in [2.24, 2.45) is 0 Å². The minimum atomic E-state index is -0.375. The number of anilines is 1. The zero-order valence-electron chi connectivity index (χ0n) is 6.50. The van der Waals surface area contributed by atoms with Gasteiger partial charge < -0.3 is 10.5 Å². The van der Waals surface area contributed by atoms with E-state index in [-0.39, 0.29) is 5.97 Å². The van der Waals surface area contributed by atoms with Gasteiger partial charge in [-0.05, 0) is 18.2 Å². The van der Waals surface area contributed by atoms with Crippen LogP contribution in [0.3, 0.4) is 0 Å². The van der Waals surface area contributed by atoms with Gasteiger partial charge in [0.2, 0.25) is 0 Å². The first kappa shape index (κ1) is 9.06. The molecule has 1 aromatic carbocycles. The van der Waals surface area contributed by atoms with Gasteiger partial charge in [0.15, 0.2) is 5.75 Å². The molecule has 0 amide bonds. The molecule has 0 atom stereocenters. The van der Waals surface area contributed by atoms with E-state index in [0.717, 1.165) is 4.47 Å². The van der Waals surface area contributed by atoms with Crippen LogP contribution in [-0.2, 0) is 4.79 Å². The second-order valence-corrected chi connectivity index (χ2v) is 3.19. The Labute approximate surface area is 78.6 Å². The predicted molar refractivity (Wildman–Crippen MR) is 49.9 cm³/mol. The predicted octanol–water partition coefficient (Wildman–Crippen LogP) is 1.96. The SMILES string of the molecule is CC(=O)Oc1cc(Br)ccc1N. The van der Waals surface area contributed by atoms with Crippen molar-refractivity contribution in [3.63, 3.8) is 0 Å². The zero-order valence-corrected chi connectivity index (χ0v) is 8.09. The van der Waals surface area contributed by atoms with Crippen molar-refractivity contribution in [1.29, 1.82) is 0 Å². The van der Waals surface area contributed by atoms with Gasteiger partial charge in [-0.3, -0.25) is 4.79 Å². The minimum Gasteiger partial charge on any atom is -0.424 e. The van der Waals surface area contributed by atoms with Gasteiger partial charge in [-0.2, -0.15) is 0 Å². The standard InChI is InChI=1S/C8H8BrNO2/c1-5(11)12-8-4-6(9)2-3-7(8)10/h2-4H,10H2,1H3. The van der Waals surface area contributed by atoms with Crippen LogP contribution < -0.4 is 10.5 Å². The highest BCUT2D eigenvalue weighted by atomic mass is 79.9. The molecule has 0 saturated heterocycles. The molecular weight excluding hydrogens is 222 g/mol. The fourth-order valence-corrected chi connectivity index (χ4v) is 1.09. The van der Waals surface area contributed by atoms with Gasteiger partial charge in [-0.1, -0.05) is 15.9 Å². The van der Waals surface area contributed by atoms with Gasteiger partial charge in [0.05, 0.1) is 5.69 Å². The number of carbonyl (C=O) groups is 1. The van der Waals surface area contributed by atoms with Gasteiger partial charge in [0, 0.05) is 11.4 Å². The summed E-state index contributed by atoms with van der Waals surface area (Å²) in [4.78, 5) is 10.6. The van der Waals surface area contributed by atoms with Crippen molar-refractivity contribution < 1.29 is 9.53 Å². The highest BCUT2D eigenvalue weighted by Crippen LogP contribution is 2.25. The number of benzene rings is 1. The van der Waals surface area contributed by atoms with Crippen molar-refractivity contribution >= 4 is 27.6 Å². The number of hydrogen-bond donors (Lipinski definition) is 1. The molecule has 0 fully saturated rings. The van der Waals surface area contributed by atoms with Crippen LogP contribution >= 0.6 is 15.9 Å². The second-order valence-electron chi connectivity index (χ2n) is 2.28. The maximum Gasteiger partial charge on any atom is 0.308 e. The number of hydrogen-bond acceptors (Lipinski definition) is 3. The summed E-state index contributed by atoms with van der Waals surface area (Å²) >= 11 is 3.24. The molecule has 64 valence electrons. The molecule has 0 aliphatic carbocycles. The van der Waals surface area contributed by atoms with Gasteiger partial charge in [0.1, 0.15) is 0 Å². The first-order valence-corrected chi connectivity index (χ1v) is 4.12. The Balaban J connectivity index is 2.97. The highest BCUT2D eigenvalue weighted by molar-refractivity contribution is 9.10. The lowest BCUT2D eigenvalue weighted by Gasteiger charge is -2.04. The summed E-state index contributed by atoms with van der Waals surface area (Å²) in [6.45, 7) is 1.33. The lowest BCUT2D eigenvalue weighted by atomic mass is 10.3. The van der Waals surface area contributed by atoms with Gasteiger partial charge >= 0.3 is 5.97 Å². The monoisotopic (exact) mass is 229 g/mol. The van der Waals surface area contributed by atoms with Crippen molar-refractivity contribution in [3.05, 3.63) is 22.7 Å². The summed E-state index contributed by atoms with van der Waals surface area (Å²) in [6, 6.07) is 5.10. The third-order valence-electron chi connectivity index (χ3n) is 1.23. The normalized spacial score (nSPS) is 9.50. The topological polar surface area (TPSA) is 52.3 Å². The van der Waals surface area contributed by atoms with Crippen LogP contribution in [0.15, 0.2) is 22.7 Å². The summed E-state index contributed by atoms with van der Waals surface area (Å²) in [5.41, 5.74) is 5.99. The zero-order chi connectivity index (χ0) is 9.14. The molecule has 4 heteroatoms. The fraction of sp³-hybridized carbons (Fsp3) is 0.125. The molecule has 12 heavy (non-hydrogen) atoms. The average molecular weight is 230 g/mol. The van der Waals surface area contributed by atoms with Crippen LogP contribution in [0.2, 0.25) is 0 Å². The smallest absolute Gasteiger partial charge is 0.308 e. The van der Waals surface area contributed by atoms with E-state index in [1.54, 1.807) is 18.2 Å². The van der Waals surface area contributed by atoms with Crippen molar-refractivity contribution in [1.82, 2.24) is 0 Å². The van der Waals surface area contributed by atoms with E-state index >= 15 is 0 Å². The molecule has 0 spiro atoms. The number of nitrogen functional groups attached to an aromatic ring is 1. The Morgan fingerprint density at radius 3 is 2.83 bits per heavy atom. The Hall–Kier alpha value is -1.03. The summed E-state index contributed by atoms with van der Waals surface area (Å²) < 4.78 is 5.66. The average Bonchev–Trinajstić information content (AvgIpc) is 1.96. The van der Waals surface area contributed by atoms with Crippen molar-refractivity contribution in [2.45, 2.75) is 6.92 Å². The molecule has 0 heterocycles. The van der Waals surface area contributed by atoms with Crippen LogP contribution in [-0.4, -0.2) is 5.97 Å². The second kappa shape index (κ2) is 3.58.